The molecule has 0 spiro atoms. The Balaban J connectivity index is 2.54. The number of rotatable bonds is 2. The fourth-order valence-corrected chi connectivity index (χ4v) is 1.92. The van der Waals surface area contributed by atoms with Crippen LogP contribution in [0.25, 0.3) is 11.1 Å². The van der Waals surface area contributed by atoms with Gasteiger partial charge in [0.2, 0.25) is 0 Å². The molecule has 2 aromatic rings. The van der Waals surface area contributed by atoms with Crippen molar-refractivity contribution in [3.8, 4) is 22.9 Å². The fourth-order valence-electron chi connectivity index (χ4n) is 1.92. The minimum Gasteiger partial charge on any atom is -0.406 e. The molecule has 0 saturated heterocycles. The third-order valence-corrected chi connectivity index (χ3v) is 2.85. The summed E-state index contributed by atoms with van der Waals surface area (Å²) in [7, 11) is 0. The van der Waals surface area contributed by atoms with Gasteiger partial charge in [0.1, 0.15) is 5.75 Å². The molecule has 2 nitrogen and oxygen atoms in total. The lowest BCUT2D eigenvalue weighted by Gasteiger charge is -2.13. The topological polar surface area (TPSA) is 33.0 Å². The number of nitriles is 1. The lowest BCUT2D eigenvalue weighted by Crippen LogP contribution is -2.17. The maximum absolute atomic E-state index is 12.7. The highest BCUT2D eigenvalue weighted by molar-refractivity contribution is 5.72. The molecule has 0 unspecified atom stereocenters. The van der Waals surface area contributed by atoms with Gasteiger partial charge in [-0.2, -0.15) is 18.4 Å². The van der Waals surface area contributed by atoms with Crippen molar-refractivity contribution >= 4 is 0 Å². The number of hydrogen-bond acceptors (Lipinski definition) is 2. The summed E-state index contributed by atoms with van der Waals surface area (Å²) >= 11 is 0. The van der Waals surface area contributed by atoms with Gasteiger partial charge in [-0.25, -0.2) is 0 Å². The molecule has 0 saturated carbocycles. The van der Waals surface area contributed by atoms with E-state index in [4.69, 9.17) is 5.26 Å². The van der Waals surface area contributed by atoms with Crippen LogP contribution in [0.15, 0.2) is 42.5 Å². The Bertz CT molecular complexity index is 758. The van der Waals surface area contributed by atoms with Gasteiger partial charge < -0.3 is 4.74 Å². The van der Waals surface area contributed by atoms with E-state index in [2.05, 4.69) is 4.74 Å². The van der Waals surface area contributed by atoms with Crippen LogP contribution < -0.4 is 4.74 Å². The zero-order chi connectivity index (χ0) is 17.3. The van der Waals surface area contributed by atoms with Gasteiger partial charge in [-0.3, -0.25) is 0 Å². The SMILES string of the molecule is N#Cc1ccc(OC(F)(F)F)cc1-c1cccc(C(F)(F)F)c1. The van der Waals surface area contributed by atoms with Gasteiger partial charge in [0.05, 0.1) is 17.2 Å². The zero-order valence-corrected chi connectivity index (χ0v) is 11.2. The lowest BCUT2D eigenvalue weighted by atomic mass is 9.98. The molecule has 0 bridgehead atoms. The predicted octanol–water partition coefficient (Wildman–Crippen LogP) is 5.14. The van der Waals surface area contributed by atoms with Crippen molar-refractivity contribution in [3.05, 3.63) is 53.6 Å². The Labute approximate surface area is 126 Å². The van der Waals surface area contributed by atoms with Gasteiger partial charge in [0.25, 0.3) is 0 Å². The smallest absolute Gasteiger partial charge is 0.406 e. The summed E-state index contributed by atoms with van der Waals surface area (Å²) in [5.74, 6) is -0.621. The Hall–Kier alpha value is -2.69. The summed E-state index contributed by atoms with van der Waals surface area (Å²) in [6, 6.07) is 8.53. The molecule has 120 valence electrons. The summed E-state index contributed by atoms with van der Waals surface area (Å²) in [5.41, 5.74) is -1.16. The van der Waals surface area contributed by atoms with E-state index in [0.29, 0.717) is 0 Å². The highest BCUT2D eigenvalue weighted by Crippen LogP contribution is 2.35. The Morgan fingerprint density at radius 2 is 1.61 bits per heavy atom. The summed E-state index contributed by atoms with van der Waals surface area (Å²) in [6.45, 7) is 0. The average Bonchev–Trinajstić information content (AvgIpc) is 2.45. The maximum atomic E-state index is 12.7. The van der Waals surface area contributed by atoms with Crippen LogP contribution in [0.4, 0.5) is 26.3 Å². The number of nitrogens with zero attached hydrogens (tertiary/aromatic N) is 1. The molecule has 23 heavy (non-hydrogen) atoms. The van der Waals surface area contributed by atoms with Crippen LogP contribution in [0.2, 0.25) is 0 Å². The minimum absolute atomic E-state index is 0.0380. The summed E-state index contributed by atoms with van der Waals surface area (Å²) in [5, 5.41) is 9.00. The molecule has 8 heteroatoms. The van der Waals surface area contributed by atoms with Crippen molar-refractivity contribution in [2.75, 3.05) is 0 Å². The Morgan fingerprint density at radius 3 is 2.17 bits per heavy atom. The quantitative estimate of drug-likeness (QED) is 0.714. The van der Waals surface area contributed by atoms with E-state index in [0.717, 1.165) is 36.4 Å². The molecule has 2 rings (SSSR count). The Kier molecular flexibility index (Phi) is 4.23. The molecule has 0 fully saturated rings. The molecule has 0 aliphatic heterocycles. The lowest BCUT2D eigenvalue weighted by molar-refractivity contribution is -0.274. The number of ether oxygens (including phenoxy) is 1. The van der Waals surface area contributed by atoms with Gasteiger partial charge in [-0.15, -0.1) is 13.2 Å². The second kappa shape index (κ2) is 5.83. The van der Waals surface area contributed by atoms with Gasteiger partial charge in [0, 0.05) is 5.56 Å². The molecule has 0 amide bonds. The van der Waals surface area contributed by atoms with Crippen LogP contribution in [-0.2, 0) is 6.18 Å². The van der Waals surface area contributed by atoms with Gasteiger partial charge in [-0.1, -0.05) is 12.1 Å². The zero-order valence-electron chi connectivity index (χ0n) is 11.2. The second-order valence-electron chi connectivity index (χ2n) is 4.45. The molecule has 0 atom stereocenters. The van der Waals surface area contributed by atoms with Crippen LogP contribution in [0, 0.1) is 11.3 Å². The molecule has 0 aromatic heterocycles. The maximum Gasteiger partial charge on any atom is 0.573 e. The number of halogens is 6. The monoisotopic (exact) mass is 331 g/mol. The van der Waals surface area contributed by atoms with Crippen molar-refractivity contribution in [2.24, 2.45) is 0 Å². The van der Waals surface area contributed by atoms with Crippen molar-refractivity contribution in [2.45, 2.75) is 12.5 Å². The highest BCUT2D eigenvalue weighted by Gasteiger charge is 2.32. The summed E-state index contributed by atoms with van der Waals surface area (Å²) in [6.07, 6.45) is -9.55. The first kappa shape index (κ1) is 16.7. The van der Waals surface area contributed by atoms with Crippen LogP contribution in [0.1, 0.15) is 11.1 Å². The fraction of sp³-hybridized carbons (Fsp3) is 0.133. The molecule has 0 aliphatic carbocycles. The minimum atomic E-state index is -4.95. The van der Waals surface area contributed by atoms with Crippen molar-refractivity contribution in [1.29, 1.82) is 5.26 Å². The number of benzene rings is 2. The average molecular weight is 331 g/mol. The normalized spacial score (nSPS) is 11.9. The first-order chi connectivity index (χ1) is 10.6. The largest absolute Gasteiger partial charge is 0.573 e. The first-order valence-electron chi connectivity index (χ1n) is 6.08. The molecule has 2 aromatic carbocycles. The molecule has 0 aliphatic rings. The van der Waals surface area contributed by atoms with Crippen LogP contribution in [-0.4, -0.2) is 6.36 Å². The van der Waals surface area contributed by atoms with Crippen molar-refractivity contribution in [3.63, 3.8) is 0 Å². The van der Waals surface area contributed by atoms with E-state index in [1.54, 1.807) is 6.07 Å². The van der Waals surface area contributed by atoms with E-state index < -0.39 is 23.9 Å². The Morgan fingerprint density at radius 1 is 0.913 bits per heavy atom. The molecule has 0 N–H and O–H groups in total. The van der Waals surface area contributed by atoms with Gasteiger partial charge in [0.15, 0.2) is 0 Å². The number of hydrogen-bond donors (Lipinski definition) is 0. The van der Waals surface area contributed by atoms with Crippen LogP contribution >= 0.6 is 0 Å². The van der Waals surface area contributed by atoms with E-state index in [1.807, 2.05) is 0 Å². The third-order valence-electron chi connectivity index (χ3n) is 2.85. The first-order valence-corrected chi connectivity index (χ1v) is 6.08. The van der Waals surface area contributed by atoms with E-state index in [-0.39, 0.29) is 16.7 Å². The summed E-state index contributed by atoms with van der Waals surface area (Å²) in [4.78, 5) is 0. The second-order valence-corrected chi connectivity index (χ2v) is 4.45. The highest BCUT2D eigenvalue weighted by atomic mass is 19.4. The molecule has 0 heterocycles. The molecular weight excluding hydrogens is 324 g/mol. The third kappa shape index (κ3) is 4.16. The van der Waals surface area contributed by atoms with Gasteiger partial charge >= 0.3 is 12.5 Å². The van der Waals surface area contributed by atoms with Crippen molar-refractivity contribution in [1.82, 2.24) is 0 Å². The van der Waals surface area contributed by atoms with E-state index in [9.17, 15) is 26.3 Å². The predicted molar refractivity (Wildman–Crippen MR) is 68.3 cm³/mol. The molecular formula is C15H7F6NO. The summed E-state index contributed by atoms with van der Waals surface area (Å²) < 4.78 is 78.6. The van der Waals surface area contributed by atoms with Gasteiger partial charge in [-0.05, 0) is 35.9 Å². The van der Waals surface area contributed by atoms with E-state index in [1.165, 1.54) is 6.07 Å². The number of alkyl halides is 6. The van der Waals surface area contributed by atoms with E-state index >= 15 is 0 Å². The van der Waals surface area contributed by atoms with Crippen molar-refractivity contribution < 1.29 is 31.1 Å². The van der Waals surface area contributed by atoms with Crippen LogP contribution in [0.5, 0.6) is 5.75 Å². The molecule has 0 radical (unpaired) electrons. The van der Waals surface area contributed by atoms with Crippen LogP contribution in [0.3, 0.4) is 0 Å². The standard InChI is InChI=1S/C15H7F6NO/c16-14(17,18)11-3-1-2-9(6-11)13-7-12(23-15(19,20)21)5-4-10(13)8-22/h1-7H.